The maximum atomic E-state index is 13.7. The van der Waals surface area contributed by atoms with Crippen LogP contribution in [-0.4, -0.2) is 37.8 Å². The molecule has 4 rings (SSSR count). The summed E-state index contributed by atoms with van der Waals surface area (Å²) in [5.41, 5.74) is 1.68. The molecule has 1 aliphatic rings. The third kappa shape index (κ3) is 4.67. The maximum Gasteiger partial charge on any atom is 0.338 e. The highest BCUT2D eigenvalue weighted by atomic mass is 32.1. The molecule has 36 heavy (non-hydrogen) atoms. The van der Waals surface area contributed by atoms with E-state index in [0.29, 0.717) is 43.4 Å². The van der Waals surface area contributed by atoms with Crippen molar-refractivity contribution in [3.05, 3.63) is 84.5 Å². The summed E-state index contributed by atoms with van der Waals surface area (Å²) >= 11 is 1.20. The van der Waals surface area contributed by atoms with Gasteiger partial charge >= 0.3 is 11.9 Å². The molecule has 0 bridgehead atoms. The molecule has 10 heteroatoms. The van der Waals surface area contributed by atoms with Crippen LogP contribution in [0.1, 0.15) is 31.0 Å². The zero-order chi connectivity index (χ0) is 26.0. The molecule has 1 aliphatic heterocycles. The summed E-state index contributed by atoms with van der Waals surface area (Å²) < 4.78 is 22.9. The van der Waals surface area contributed by atoms with Gasteiger partial charge in [0.15, 0.2) is 16.3 Å². The van der Waals surface area contributed by atoms with E-state index in [1.807, 2.05) is 0 Å². The molecular weight excluding hydrogens is 484 g/mol. The second-order valence-corrected chi connectivity index (χ2v) is 8.86. The quantitative estimate of drug-likeness (QED) is 0.372. The highest BCUT2D eigenvalue weighted by Gasteiger charge is 2.33. The summed E-state index contributed by atoms with van der Waals surface area (Å²) in [6.45, 7) is 3.03. The first-order chi connectivity index (χ1) is 17.3. The molecule has 2 heterocycles. The topological polar surface area (TPSA) is 105 Å². The predicted molar refractivity (Wildman–Crippen MR) is 133 cm³/mol. The van der Waals surface area contributed by atoms with E-state index < -0.39 is 18.0 Å². The molecule has 0 saturated heterocycles. The van der Waals surface area contributed by atoms with Crippen LogP contribution in [0.2, 0.25) is 0 Å². The smallest absolute Gasteiger partial charge is 0.338 e. The number of aromatic nitrogens is 1. The van der Waals surface area contributed by atoms with Gasteiger partial charge < -0.3 is 18.9 Å². The molecule has 0 spiro atoms. The molecule has 1 atom stereocenters. The van der Waals surface area contributed by atoms with Crippen LogP contribution >= 0.6 is 11.3 Å². The van der Waals surface area contributed by atoms with Crippen molar-refractivity contribution in [2.24, 2.45) is 4.99 Å². The van der Waals surface area contributed by atoms with Gasteiger partial charge in [0.25, 0.3) is 5.56 Å². The normalized spacial score (nSPS) is 15.1. The van der Waals surface area contributed by atoms with Gasteiger partial charge in [0, 0.05) is 6.92 Å². The Balaban J connectivity index is 1.93. The van der Waals surface area contributed by atoms with Crippen LogP contribution in [0, 0.1) is 0 Å². The molecule has 1 aromatic heterocycles. The highest BCUT2D eigenvalue weighted by Crippen LogP contribution is 2.35. The van der Waals surface area contributed by atoms with Gasteiger partial charge in [-0.3, -0.25) is 14.2 Å². The van der Waals surface area contributed by atoms with E-state index in [0.717, 1.165) is 0 Å². The van der Waals surface area contributed by atoms with E-state index >= 15 is 0 Å². The molecule has 0 N–H and O–H groups in total. The lowest BCUT2D eigenvalue weighted by atomic mass is 9.95. The number of nitrogens with zero attached hydrogens (tertiary/aromatic N) is 2. The lowest BCUT2D eigenvalue weighted by Crippen LogP contribution is -2.39. The number of carbonyl (C=O) groups excluding carboxylic acids is 2. The summed E-state index contributed by atoms with van der Waals surface area (Å²) in [4.78, 5) is 42.8. The van der Waals surface area contributed by atoms with Crippen LogP contribution in [0.4, 0.5) is 0 Å². The van der Waals surface area contributed by atoms with Crippen molar-refractivity contribution >= 4 is 29.4 Å². The number of methoxy groups -OCH3 is 3. The Morgan fingerprint density at radius 2 is 1.81 bits per heavy atom. The molecule has 0 saturated carbocycles. The van der Waals surface area contributed by atoms with Gasteiger partial charge in [-0.25, -0.2) is 9.79 Å². The van der Waals surface area contributed by atoms with Crippen LogP contribution in [-0.2, 0) is 14.3 Å². The first-order valence-electron chi connectivity index (χ1n) is 10.9. The Morgan fingerprint density at radius 3 is 2.47 bits per heavy atom. The lowest BCUT2D eigenvalue weighted by Gasteiger charge is -2.25. The molecule has 0 fully saturated rings. The maximum absolute atomic E-state index is 13.7. The Labute approximate surface area is 210 Å². The summed E-state index contributed by atoms with van der Waals surface area (Å²) in [7, 11) is 4.33. The van der Waals surface area contributed by atoms with Gasteiger partial charge in [-0.2, -0.15) is 0 Å². The summed E-state index contributed by atoms with van der Waals surface area (Å²) in [6, 6.07) is 11.3. The second-order valence-electron chi connectivity index (χ2n) is 7.85. The fourth-order valence-corrected chi connectivity index (χ4v) is 5.06. The number of thiazole rings is 1. The van der Waals surface area contributed by atoms with Gasteiger partial charge in [-0.05, 0) is 48.4 Å². The lowest BCUT2D eigenvalue weighted by molar-refractivity contribution is -0.136. The van der Waals surface area contributed by atoms with E-state index in [4.69, 9.17) is 18.9 Å². The van der Waals surface area contributed by atoms with Crippen LogP contribution in [0.5, 0.6) is 17.2 Å². The molecule has 9 nitrogen and oxygen atoms in total. The molecule has 186 valence electrons. The Morgan fingerprint density at radius 1 is 1.06 bits per heavy atom. The fraction of sp³-hybridized carbons (Fsp3) is 0.231. The third-order valence-corrected chi connectivity index (χ3v) is 6.55. The number of fused-ring (bicyclic) bond motifs is 1. The van der Waals surface area contributed by atoms with E-state index in [2.05, 4.69) is 4.99 Å². The Bertz CT molecular complexity index is 1570. The number of carbonyl (C=O) groups is 2. The number of benzene rings is 2. The molecule has 3 aromatic rings. The minimum Gasteiger partial charge on any atom is -0.493 e. The van der Waals surface area contributed by atoms with Crippen molar-refractivity contribution in [1.82, 2.24) is 4.57 Å². The average Bonchev–Trinajstić information content (AvgIpc) is 3.16. The van der Waals surface area contributed by atoms with Gasteiger partial charge in [0.05, 0.1) is 43.2 Å². The molecule has 2 aromatic carbocycles. The number of rotatable bonds is 6. The Kier molecular flexibility index (Phi) is 7.07. The average molecular weight is 509 g/mol. The summed E-state index contributed by atoms with van der Waals surface area (Å²) in [5, 5.41) is 0. The minimum absolute atomic E-state index is 0.250. The zero-order valence-electron chi connectivity index (χ0n) is 20.4. The summed E-state index contributed by atoms with van der Waals surface area (Å²) in [5.74, 6) is 0.322. The molecule has 0 radical (unpaired) electrons. The minimum atomic E-state index is -0.789. The van der Waals surface area contributed by atoms with E-state index in [9.17, 15) is 14.4 Å². The van der Waals surface area contributed by atoms with E-state index in [1.165, 1.54) is 44.2 Å². The SMILES string of the molecule is COC(=O)C1=C(C)N=c2s/c(=C\c3cccc(OC(C)=O)c3)c(=O)n2[C@H]1c1ccc(OC)c(OC)c1. The molecule has 0 amide bonds. The van der Waals surface area contributed by atoms with Gasteiger partial charge in [-0.1, -0.05) is 29.5 Å². The first-order valence-corrected chi connectivity index (χ1v) is 11.7. The number of hydrogen-bond donors (Lipinski definition) is 0. The molecular formula is C26H24N2O7S. The van der Waals surface area contributed by atoms with Gasteiger partial charge in [-0.15, -0.1) is 0 Å². The largest absolute Gasteiger partial charge is 0.493 e. The zero-order valence-corrected chi connectivity index (χ0v) is 21.2. The Hall–Kier alpha value is -4.18. The van der Waals surface area contributed by atoms with Crippen LogP contribution in [0.15, 0.2) is 63.5 Å². The predicted octanol–water partition coefficient (Wildman–Crippen LogP) is 2.35. The number of allylic oxidation sites excluding steroid dienone is 1. The van der Waals surface area contributed by atoms with E-state index in [1.54, 1.807) is 55.5 Å². The molecule has 0 aliphatic carbocycles. The number of ether oxygens (including phenoxy) is 4. The van der Waals surface area contributed by atoms with Crippen molar-refractivity contribution in [3.8, 4) is 17.2 Å². The van der Waals surface area contributed by atoms with Crippen LogP contribution in [0.3, 0.4) is 0 Å². The standard InChI is InChI=1S/C26H24N2O7S/c1-14-22(25(31)34-5)23(17-9-10-19(32-3)20(13-17)33-4)28-24(30)21(36-26(28)27-14)12-16-7-6-8-18(11-16)35-15(2)29/h6-13,23H,1-5H3/b21-12-/t23-/m0/s1. The van der Waals surface area contributed by atoms with Crippen LogP contribution in [0.25, 0.3) is 6.08 Å². The van der Waals surface area contributed by atoms with Crippen molar-refractivity contribution in [2.75, 3.05) is 21.3 Å². The highest BCUT2D eigenvalue weighted by molar-refractivity contribution is 7.07. The van der Waals surface area contributed by atoms with E-state index in [-0.39, 0.29) is 11.1 Å². The van der Waals surface area contributed by atoms with Crippen molar-refractivity contribution in [1.29, 1.82) is 0 Å². The fourth-order valence-electron chi connectivity index (χ4n) is 4.02. The van der Waals surface area contributed by atoms with Crippen molar-refractivity contribution < 1.29 is 28.5 Å². The van der Waals surface area contributed by atoms with Crippen molar-refractivity contribution in [3.63, 3.8) is 0 Å². The molecule has 0 unspecified atom stereocenters. The van der Waals surface area contributed by atoms with Gasteiger partial charge in [0.1, 0.15) is 5.75 Å². The summed E-state index contributed by atoms with van der Waals surface area (Å²) in [6.07, 6.45) is 1.69. The first kappa shape index (κ1) is 24.9. The second kappa shape index (κ2) is 10.2. The van der Waals surface area contributed by atoms with Gasteiger partial charge in [0.2, 0.25) is 0 Å². The monoisotopic (exact) mass is 508 g/mol. The number of esters is 2. The third-order valence-electron chi connectivity index (χ3n) is 5.57. The number of hydrogen-bond acceptors (Lipinski definition) is 9. The van der Waals surface area contributed by atoms with Crippen LogP contribution < -0.4 is 29.1 Å². The van der Waals surface area contributed by atoms with Crippen molar-refractivity contribution in [2.45, 2.75) is 19.9 Å².